The van der Waals surface area contributed by atoms with E-state index in [1.807, 2.05) is 20.0 Å². The summed E-state index contributed by atoms with van der Waals surface area (Å²) in [5, 5.41) is 38.4. The largest absolute Gasteiger partial charge is 0.514 e. The number of phenolic OH excluding ortho intramolecular Hbond substituents is 2. The Labute approximate surface area is 346 Å². The van der Waals surface area contributed by atoms with E-state index in [0.29, 0.717) is 64.5 Å². The number of ether oxygens (including phenoxy) is 7. The number of esters is 1. The van der Waals surface area contributed by atoms with Crippen LogP contribution in [0.15, 0.2) is 18.2 Å². The molecule has 0 saturated carbocycles. The first-order valence-electron chi connectivity index (χ1n) is 19.7. The quantitative estimate of drug-likeness (QED) is 0.226. The van der Waals surface area contributed by atoms with Crippen molar-refractivity contribution in [1.29, 1.82) is 5.26 Å². The number of hydrogen-bond acceptors (Lipinski definition) is 16. The molecule has 7 heterocycles. The third kappa shape index (κ3) is 5.79. The van der Waals surface area contributed by atoms with E-state index >= 15 is 0 Å². The van der Waals surface area contributed by atoms with Gasteiger partial charge in [-0.25, -0.2) is 9.59 Å². The van der Waals surface area contributed by atoms with Gasteiger partial charge in [-0.2, -0.15) is 5.26 Å². The number of nitrogens with zero attached hydrogens (tertiary/aromatic N) is 3. The Morgan fingerprint density at radius 3 is 2.49 bits per heavy atom. The fourth-order valence-electron chi connectivity index (χ4n) is 10.4. The summed E-state index contributed by atoms with van der Waals surface area (Å²) in [6, 6.07) is 5.34. The van der Waals surface area contributed by atoms with Crippen molar-refractivity contribution in [3.8, 4) is 46.3 Å². The molecule has 2 saturated heterocycles. The van der Waals surface area contributed by atoms with Crippen LogP contribution in [0.5, 0.6) is 40.2 Å². The van der Waals surface area contributed by atoms with E-state index in [-0.39, 0.29) is 48.2 Å². The fourth-order valence-corrected chi connectivity index (χ4v) is 12.0. The minimum Gasteiger partial charge on any atom is -0.507 e. The number of rotatable bonds is 3. The number of carbonyl (C=O) groups excluding carboxylic acids is 2. The zero-order valence-electron chi connectivity index (χ0n) is 34.3. The van der Waals surface area contributed by atoms with Crippen molar-refractivity contribution in [3.63, 3.8) is 0 Å². The number of phenols is 2. The van der Waals surface area contributed by atoms with Gasteiger partial charge in [0.05, 0.1) is 37.6 Å². The summed E-state index contributed by atoms with van der Waals surface area (Å²) in [7, 11) is 4.98. The van der Waals surface area contributed by atoms with E-state index in [1.165, 1.54) is 26.0 Å². The van der Waals surface area contributed by atoms with Gasteiger partial charge in [0.1, 0.15) is 24.0 Å². The second-order valence-corrected chi connectivity index (χ2v) is 18.2. The highest BCUT2D eigenvalue weighted by Crippen LogP contribution is 2.64. The number of carbonyl (C=O) groups is 2. The van der Waals surface area contributed by atoms with Crippen LogP contribution in [0.2, 0.25) is 0 Å². The first kappa shape index (κ1) is 39.4. The Bertz CT molecular complexity index is 2340. The molecule has 3 aromatic rings. The van der Waals surface area contributed by atoms with Gasteiger partial charge in [0.25, 0.3) is 0 Å². The molecule has 7 aliphatic heterocycles. The number of methoxy groups -OCH3 is 2. The summed E-state index contributed by atoms with van der Waals surface area (Å²) in [5.74, 6) is 1.30. The van der Waals surface area contributed by atoms with Crippen LogP contribution >= 0.6 is 11.8 Å². The van der Waals surface area contributed by atoms with Crippen LogP contribution in [0.3, 0.4) is 0 Å². The number of piperazine rings is 1. The van der Waals surface area contributed by atoms with Gasteiger partial charge in [-0.15, -0.1) is 11.8 Å². The minimum atomic E-state index is -1.41. The average molecular weight is 829 g/mol. The third-order valence-corrected chi connectivity index (χ3v) is 14.3. The summed E-state index contributed by atoms with van der Waals surface area (Å²) in [4.78, 5) is 32.0. The van der Waals surface area contributed by atoms with E-state index < -0.39 is 52.7 Å². The number of aryl methyl sites for hydroxylation is 1. The van der Waals surface area contributed by atoms with Gasteiger partial charge in [-0.3, -0.25) is 15.1 Å². The number of hydrogen-bond donors (Lipinski definition) is 3. The lowest BCUT2D eigenvalue weighted by molar-refractivity contribution is -0.157. The van der Waals surface area contributed by atoms with Crippen LogP contribution in [0, 0.1) is 25.2 Å². The fraction of sp³-hybridized carbons (Fsp3) is 0.512. The Morgan fingerprint density at radius 2 is 1.78 bits per heavy atom. The molecule has 3 N–H and O–H groups in total. The Balaban J connectivity index is 1.24. The lowest BCUT2D eigenvalue weighted by Gasteiger charge is -2.62. The van der Waals surface area contributed by atoms with Crippen molar-refractivity contribution in [3.05, 3.63) is 62.7 Å². The van der Waals surface area contributed by atoms with Crippen LogP contribution in [0.4, 0.5) is 4.79 Å². The minimum absolute atomic E-state index is 0.0370. The van der Waals surface area contributed by atoms with Crippen molar-refractivity contribution >= 4 is 23.9 Å². The first-order valence-corrected chi connectivity index (χ1v) is 20.8. The molecular formula is C43H48N4O11S. The van der Waals surface area contributed by atoms with Crippen LogP contribution in [-0.4, -0.2) is 103 Å². The lowest BCUT2D eigenvalue weighted by Crippen LogP contribution is -2.69. The maximum atomic E-state index is 14.9. The van der Waals surface area contributed by atoms with Crippen molar-refractivity contribution in [2.45, 2.75) is 94.1 Å². The van der Waals surface area contributed by atoms with Gasteiger partial charge in [0.15, 0.2) is 40.0 Å². The molecular weight excluding hydrogens is 781 g/mol. The van der Waals surface area contributed by atoms with Gasteiger partial charge >= 0.3 is 12.1 Å². The molecule has 7 atom stereocenters. The van der Waals surface area contributed by atoms with Crippen molar-refractivity contribution in [2.24, 2.45) is 0 Å². The van der Waals surface area contributed by atoms with Gasteiger partial charge in [0, 0.05) is 46.6 Å². The van der Waals surface area contributed by atoms with Crippen molar-refractivity contribution in [2.75, 3.05) is 47.0 Å². The highest BCUT2D eigenvalue weighted by atomic mass is 32.2. The molecule has 7 aliphatic rings. The molecule has 4 bridgehead atoms. The van der Waals surface area contributed by atoms with Crippen molar-refractivity contribution < 1.29 is 53.0 Å². The highest BCUT2D eigenvalue weighted by molar-refractivity contribution is 7.99. The zero-order chi connectivity index (χ0) is 41.9. The smallest absolute Gasteiger partial charge is 0.507 e. The van der Waals surface area contributed by atoms with E-state index in [9.17, 15) is 25.1 Å². The number of benzene rings is 3. The molecule has 1 spiro atoms. The number of thioether (sulfide) groups is 1. The maximum Gasteiger partial charge on any atom is 0.514 e. The molecule has 3 aromatic carbocycles. The van der Waals surface area contributed by atoms with Crippen LogP contribution in [-0.2, 0) is 32.6 Å². The van der Waals surface area contributed by atoms with Crippen LogP contribution in [0.25, 0.3) is 0 Å². The molecule has 0 aromatic heterocycles. The molecule has 0 amide bonds. The number of nitriles is 1. The topological polar surface area (TPSA) is 182 Å². The second-order valence-electron chi connectivity index (χ2n) is 17.1. The van der Waals surface area contributed by atoms with Crippen LogP contribution < -0.4 is 29.0 Å². The van der Waals surface area contributed by atoms with Crippen molar-refractivity contribution in [1.82, 2.24) is 15.1 Å². The molecule has 16 heteroatoms. The molecule has 0 radical (unpaired) electrons. The van der Waals surface area contributed by atoms with E-state index in [2.05, 4.69) is 21.2 Å². The summed E-state index contributed by atoms with van der Waals surface area (Å²) in [6.45, 7) is 9.07. The molecule has 2 fully saturated rings. The third-order valence-electron chi connectivity index (χ3n) is 12.8. The Morgan fingerprint density at radius 1 is 1.02 bits per heavy atom. The van der Waals surface area contributed by atoms with E-state index in [1.54, 1.807) is 39.8 Å². The zero-order valence-corrected chi connectivity index (χ0v) is 35.1. The number of aromatic hydroxyl groups is 2. The average Bonchev–Trinajstić information content (AvgIpc) is 3.68. The van der Waals surface area contributed by atoms with Gasteiger partial charge in [-0.1, -0.05) is 6.07 Å². The predicted octanol–water partition coefficient (Wildman–Crippen LogP) is 5.38. The summed E-state index contributed by atoms with van der Waals surface area (Å²) in [6.07, 6.45) is 0.108. The van der Waals surface area contributed by atoms with Gasteiger partial charge in [-0.05, 0) is 88.9 Å². The SMILES string of the molecule is COc1cc2c(cc1OC(=O)OC(C)(C)C)CCN[C@]21CS[C@@H]2c3c(O)c(C)c4c(c3[C@H](COC1=O)N1C2[C@@H]2c3c(cc(C)c(OC)c3O)C[C@@H]([C@@H]1C#N)N2C)OCO4. The first-order chi connectivity index (χ1) is 28.1. The maximum absolute atomic E-state index is 14.9. The monoisotopic (exact) mass is 828 g/mol. The summed E-state index contributed by atoms with van der Waals surface area (Å²) >= 11 is 1.46. The number of likely N-dealkylation sites (N-methyl/N-ethyl adjacent to an activating group) is 1. The van der Waals surface area contributed by atoms with E-state index in [0.717, 1.165) is 16.7 Å². The molecule has 59 heavy (non-hydrogen) atoms. The second kappa shape index (κ2) is 14.0. The number of nitrogens with one attached hydrogen (secondary N) is 1. The van der Waals surface area contributed by atoms with E-state index in [4.69, 9.17) is 33.2 Å². The van der Waals surface area contributed by atoms with Gasteiger partial charge < -0.3 is 43.4 Å². The lowest BCUT2D eigenvalue weighted by atomic mass is 9.71. The Kier molecular flexibility index (Phi) is 9.35. The molecule has 1 unspecified atom stereocenters. The summed E-state index contributed by atoms with van der Waals surface area (Å²) in [5.41, 5.74) is 3.33. The normalized spacial score (nSPS) is 28.0. The standard InChI is InChI=1S/C43H48N4O11S/c1-19-11-22-12-24-25(15-44)47-26-16-54-40(50)43(23-14-27(52-7)28(13-21(23)9-10-45-43)57-41(51)58-42(3,4)5)17-59-39(31-30(26)38-37(55-18-56-38)20(2)34(31)48)33(47)32(46(24)6)29(22)35(49)36(19)53-8/h11,13-14,24-26,32-33,39,45,48-49H,9-10,12,16-18H2,1-8H3/t24-,25-,26-,32-,33?,39+,43+/m0/s1. The predicted molar refractivity (Wildman–Crippen MR) is 214 cm³/mol. The summed E-state index contributed by atoms with van der Waals surface area (Å²) < 4.78 is 41.1. The molecule has 312 valence electrons. The molecule has 0 aliphatic carbocycles. The molecule has 10 rings (SSSR count). The molecule has 15 nitrogen and oxygen atoms in total. The Hall–Kier alpha value is -5.08. The van der Waals surface area contributed by atoms with Crippen LogP contribution in [0.1, 0.15) is 82.6 Å². The van der Waals surface area contributed by atoms with Gasteiger partial charge in [0.2, 0.25) is 6.79 Å². The highest BCUT2D eigenvalue weighted by Gasteiger charge is 2.61. The number of fused-ring (bicyclic) bond motifs is 9.